The molecule has 0 heterocycles. The molecule has 0 amide bonds. The number of rotatable bonds is 4. The molecule has 0 aromatic rings. The molecule has 0 aromatic carbocycles. The number of aliphatic hydroxyl groups is 2. The number of aliphatic carboxylic acids is 3. The fourth-order valence-corrected chi connectivity index (χ4v) is 0.253. The van der Waals surface area contributed by atoms with Gasteiger partial charge in [0.15, 0.2) is 6.10 Å². The molecule has 10 heteroatoms. The Hall–Kier alpha value is 1.60. The van der Waals surface area contributed by atoms with Gasteiger partial charge in [-0.25, -0.2) is 9.59 Å². The topological polar surface area (TPSA) is 152 Å². The molecule has 0 aliphatic carbocycles. The van der Waals surface area contributed by atoms with Crippen molar-refractivity contribution in [3.05, 3.63) is 0 Å². The average Bonchev–Trinajstić information content (AvgIpc) is 2.03. The summed E-state index contributed by atoms with van der Waals surface area (Å²) >= 11 is 0. The first-order valence-corrected chi connectivity index (χ1v) is 3.72. The molecule has 92 valence electrons. The van der Waals surface area contributed by atoms with Crippen molar-refractivity contribution >= 4 is 121 Å². The van der Waals surface area contributed by atoms with Gasteiger partial charge >= 0.3 is 121 Å². The zero-order valence-electron chi connectivity index (χ0n) is 7.82. The Balaban J connectivity index is -0.0000000945. The Morgan fingerprint density at radius 2 is 1.24 bits per heavy atom. The van der Waals surface area contributed by atoms with Gasteiger partial charge in [-0.15, -0.1) is 0 Å². The Kier molecular flexibility index (Phi) is 24.9. The first-order valence-electron chi connectivity index (χ1n) is 3.72. The summed E-state index contributed by atoms with van der Waals surface area (Å²) in [4.78, 5) is 28.9. The van der Waals surface area contributed by atoms with E-state index in [4.69, 9.17) is 25.5 Å². The number of hydrogen-bond donors (Lipinski definition) is 5. The number of carboxylic acids is 3. The summed E-state index contributed by atoms with van der Waals surface area (Å²) in [7, 11) is 0. The van der Waals surface area contributed by atoms with Gasteiger partial charge in [-0.3, -0.25) is 4.79 Å². The molecule has 0 radical (unpaired) electrons. The molecule has 0 saturated carbocycles. The minimum absolute atomic E-state index is 0. The van der Waals surface area contributed by atoms with Crippen molar-refractivity contribution in [3.8, 4) is 0 Å². The molecule has 0 saturated heterocycles. The molecular weight excluding hydrogens is 290 g/mol. The molecule has 8 nitrogen and oxygen atoms in total. The number of aliphatic hydroxyl groups excluding tert-OH is 2. The Bertz CT molecular complexity index is 242. The van der Waals surface area contributed by atoms with E-state index in [0.717, 1.165) is 0 Å². The van der Waals surface area contributed by atoms with Crippen LogP contribution in [0.4, 0.5) is 0 Å². The standard InChI is InChI=1S/C4H6O5.C3H6O3.2K.2H/c5-2(4(8)9)1-3(6)7;1-2(4)3(5)6;;;;/h2,5H,1H2,(H,6,7)(H,8,9);2,4H,1H3,(H,5,6);;;;. The summed E-state index contributed by atoms with van der Waals surface area (Å²) in [6.45, 7) is 1.20. The fraction of sp³-hybridized carbons (Fsp3) is 0.571. The van der Waals surface area contributed by atoms with Crippen LogP contribution in [-0.4, -0.2) is 158 Å². The van der Waals surface area contributed by atoms with Gasteiger partial charge in [-0.2, -0.15) is 0 Å². The predicted molar refractivity (Wildman–Crippen MR) is 59.5 cm³/mol. The monoisotopic (exact) mass is 304 g/mol. The third-order valence-corrected chi connectivity index (χ3v) is 1.01. The van der Waals surface area contributed by atoms with Crippen LogP contribution in [0.2, 0.25) is 0 Å². The minimum atomic E-state index is -1.79. The third kappa shape index (κ3) is 23.2. The zero-order chi connectivity index (χ0) is 12.6. The van der Waals surface area contributed by atoms with E-state index in [2.05, 4.69) is 0 Å². The van der Waals surface area contributed by atoms with Crippen LogP contribution in [0.25, 0.3) is 0 Å². The van der Waals surface area contributed by atoms with Gasteiger partial charge in [0, 0.05) is 0 Å². The number of carbonyl (C=O) groups is 3. The summed E-state index contributed by atoms with van der Waals surface area (Å²) < 4.78 is 0. The van der Waals surface area contributed by atoms with Gasteiger partial charge < -0.3 is 25.5 Å². The van der Waals surface area contributed by atoms with E-state index in [-0.39, 0.29) is 103 Å². The molecule has 0 aliphatic rings. The van der Waals surface area contributed by atoms with Crippen LogP contribution in [0.15, 0.2) is 0 Å². The van der Waals surface area contributed by atoms with Crippen LogP contribution < -0.4 is 0 Å². The Labute approximate surface area is 182 Å². The van der Waals surface area contributed by atoms with Gasteiger partial charge in [0.2, 0.25) is 0 Å². The van der Waals surface area contributed by atoms with Crippen LogP contribution in [0.5, 0.6) is 0 Å². The summed E-state index contributed by atoms with van der Waals surface area (Å²) in [5, 5.41) is 39.9. The van der Waals surface area contributed by atoms with Crippen molar-refractivity contribution in [2.75, 3.05) is 0 Å². The molecule has 0 aliphatic heterocycles. The van der Waals surface area contributed by atoms with Crippen LogP contribution in [0, 0.1) is 0 Å². The van der Waals surface area contributed by atoms with Gasteiger partial charge in [-0.05, 0) is 6.92 Å². The molecule has 0 aromatic heterocycles. The number of carboxylic acid groups (broad SMARTS) is 3. The second kappa shape index (κ2) is 15.7. The summed E-state index contributed by atoms with van der Waals surface area (Å²) in [6.07, 6.45) is -3.78. The quantitative estimate of drug-likeness (QED) is 0.346. The van der Waals surface area contributed by atoms with Crippen molar-refractivity contribution in [1.29, 1.82) is 0 Å². The molecule has 2 atom stereocenters. The molecule has 0 spiro atoms. The van der Waals surface area contributed by atoms with Crippen molar-refractivity contribution in [2.45, 2.75) is 25.6 Å². The van der Waals surface area contributed by atoms with Crippen LogP contribution in [0.3, 0.4) is 0 Å². The summed E-state index contributed by atoms with van der Waals surface area (Å²) in [5.41, 5.74) is 0. The summed E-state index contributed by atoms with van der Waals surface area (Å²) in [6, 6.07) is 0. The van der Waals surface area contributed by atoms with E-state index in [0.29, 0.717) is 0 Å². The van der Waals surface area contributed by atoms with E-state index in [1.807, 2.05) is 0 Å². The molecule has 2 unspecified atom stereocenters. The second-order valence-electron chi connectivity index (χ2n) is 2.47. The molecule has 0 fully saturated rings. The molecular formula is C7H14K2O8. The Morgan fingerprint density at radius 3 is 1.29 bits per heavy atom. The van der Waals surface area contributed by atoms with Gasteiger partial charge in [-0.1, -0.05) is 0 Å². The second-order valence-corrected chi connectivity index (χ2v) is 2.47. The van der Waals surface area contributed by atoms with E-state index < -0.39 is 36.5 Å². The van der Waals surface area contributed by atoms with Crippen LogP contribution in [0.1, 0.15) is 13.3 Å². The SMILES string of the molecule is CC(O)C(=O)O.O=C(O)CC(O)C(=O)O.[KH].[KH]. The third-order valence-electron chi connectivity index (χ3n) is 1.01. The van der Waals surface area contributed by atoms with E-state index in [9.17, 15) is 14.4 Å². The van der Waals surface area contributed by atoms with E-state index >= 15 is 0 Å². The summed E-state index contributed by atoms with van der Waals surface area (Å²) in [5.74, 6) is -4.03. The maximum absolute atomic E-state index is 9.72. The molecule has 5 N–H and O–H groups in total. The first kappa shape index (κ1) is 27.0. The average molecular weight is 304 g/mol. The molecule has 0 bridgehead atoms. The fourth-order valence-electron chi connectivity index (χ4n) is 0.253. The maximum atomic E-state index is 9.72. The number of hydrogen-bond acceptors (Lipinski definition) is 5. The van der Waals surface area contributed by atoms with Crippen molar-refractivity contribution in [2.24, 2.45) is 0 Å². The van der Waals surface area contributed by atoms with Crippen molar-refractivity contribution < 1.29 is 39.9 Å². The Morgan fingerprint density at radius 1 is 0.941 bits per heavy atom. The van der Waals surface area contributed by atoms with Gasteiger partial charge in [0.1, 0.15) is 6.10 Å². The first-order chi connectivity index (χ1) is 6.68. The van der Waals surface area contributed by atoms with Crippen LogP contribution >= 0.6 is 0 Å². The van der Waals surface area contributed by atoms with Crippen LogP contribution in [-0.2, 0) is 14.4 Å². The van der Waals surface area contributed by atoms with Crippen molar-refractivity contribution in [1.82, 2.24) is 0 Å². The van der Waals surface area contributed by atoms with E-state index in [1.165, 1.54) is 6.92 Å². The van der Waals surface area contributed by atoms with Crippen molar-refractivity contribution in [3.63, 3.8) is 0 Å². The zero-order valence-corrected chi connectivity index (χ0v) is 7.82. The predicted octanol–water partition coefficient (Wildman–Crippen LogP) is -2.94. The van der Waals surface area contributed by atoms with Gasteiger partial charge in [0.05, 0.1) is 6.42 Å². The molecule has 17 heavy (non-hydrogen) atoms. The molecule has 0 rings (SSSR count). The van der Waals surface area contributed by atoms with E-state index in [1.54, 1.807) is 0 Å². The normalized spacial score (nSPS) is 11.5. The van der Waals surface area contributed by atoms with Gasteiger partial charge in [0.25, 0.3) is 0 Å².